The highest BCUT2D eigenvalue weighted by molar-refractivity contribution is 7.11. The summed E-state index contributed by atoms with van der Waals surface area (Å²) in [7, 11) is 0. The Morgan fingerprint density at radius 2 is 1.63 bits per heavy atom. The first-order valence-corrected chi connectivity index (χ1v) is 14.2. The molecule has 9 nitrogen and oxygen atoms in total. The molecule has 1 N–H and O–H groups in total. The Labute approximate surface area is 242 Å². The number of carbonyl (C=O) groups is 4. The van der Waals surface area contributed by atoms with Gasteiger partial charge in [0.1, 0.15) is 10.9 Å². The van der Waals surface area contributed by atoms with Gasteiger partial charge in [-0.05, 0) is 47.9 Å². The van der Waals surface area contributed by atoms with Crippen molar-refractivity contribution in [2.75, 3.05) is 6.54 Å². The van der Waals surface area contributed by atoms with Crippen LogP contribution in [0.4, 0.5) is 0 Å². The molecule has 0 bridgehead atoms. The molecule has 1 fully saturated rings. The number of nitriles is 1. The van der Waals surface area contributed by atoms with Crippen LogP contribution in [0.5, 0.6) is 0 Å². The fourth-order valence-electron chi connectivity index (χ4n) is 5.02. The second-order valence-electron chi connectivity index (χ2n) is 9.79. The highest BCUT2D eigenvalue weighted by atomic mass is 32.1. The van der Waals surface area contributed by atoms with Crippen LogP contribution in [-0.4, -0.2) is 47.4 Å². The predicted molar refractivity (Wildman–Crippen MR) is 152 cm³/mol. The van der Waals surface area contributed by atoms with Gasteiger partial charge in [-0.1, -0.05) is 54.6 Å². The molecule has 212 valence electrons. The van der Waals surface area contributed by atoms with E-state index in [-0.39, 0.29) is 6.04 Å². The number of rotatable bonds is 9. The maximum absolute atomic E-state index is 13.8. The minimum Gasteiger partial charge on any atom is -0.448 e. The summed E-state index contributed by atoms with van der Waals surface area (Å²) in [5.41, 5.74) is 3.36. The molecule has 4 rings (SSSR count). The predicted octanol–water partition coefficient (Wildman–Crippen LogP) is 4.69. The van der Waals surface area contributed by atoms with Gasteiger partial charge in [0.25, 0.3) is 11.8 Å². The van der Waals surface area contributed by atoms with Gasteiger partial charge in [-0.3, -0.25) is 19.2 Å². The number of ether oxygens (including phenoxy) is 2. The molecule has 2 amide bonds. The van der Waals surface area contributed by atoms with E-state index < -0.39 is 42.0 Å². The van der Waals surface area contributed by atoms with E-state index in [4.69, 9.17) is 9.47 Å². The normalized spacial score (nSPS) is 16.6. The summed E-state index contributed by atoms with van der Waals surface area (Å²) < 4.78 is 10.7. The van der Waals surface area contributed by atoms with Gasteiger partial charge in [-0.25, -0.2) is 0 Å². The van der Waals surface area contributed by atoms with E-state index in [2.05, 4.69) is 11.4 Å². The Kier molecular flexibility index (Phi) is 9.53. The van der Waals surface area contributed by atoms with E-state index in [1.807, 2.05) is 66.0 Å². The van der Waals surface area contributed by atoms with Crippen molar-refractivity contribution in [2.45, 2.75) is 57.9 Å². The van der Waals surface area contributed by atoms with Crippen molar-refractivity contribution in [2.24, 2.45) is 0 Å². The molecule has 0 spiro atoms. The van der Waals surface area contributed by atoms with E-state index in [9.17, 15) is 24.4 Å². The second-order valence-corrected chi connectivity index (χ2v) is 10.7. The van der Waals surface area contributed by atoms with Gasteiger partial charge in [-0.15, -0.1) is 11.3 Å². The molecular weight excluding hydrogens is 542 g/mol. The lowest BCUT2D eigenvalue weighted by molar-refractivity contribution is -0.178. The molecule has 1 aliphatic heterocycles. The van der Waals surface area contributed by atoms with E-state index >= 15 is 0 Å². The summed E-state index contributed by atoms with van der Waals surface area (Å²) >= 11 is 1.36. The second kappa shape index (κ2) is 13.2. The zero-order valence-corrected chi connectivity index (χ0v) is 23.9. The van der Waals surface area contributed by atoms with E-state index in [0.717, 1.165) is 42.5 Å². The van der Waals surface area contributed by atoms with Crippen LogP contribution < -0.4 is 5.32 Å². The monoisotopic (exact) mass is 573 g/mol. The van der Waals surface area contributed by atoms with Gasteiger partial charge in [0.05, 0.1) is 12.1 Å². The SMILES string of the molecule is CC(=O)O[C@@H](C(=O)N[C@H](C)c1ccc(-c2ccsc2C#N)cc1)[C@@H](OC(C)=O)C(=O)N1CCCC1c1ccccc1. The average Bonchev–Trinajstić information content (AvgIpc) is 3.65. The van der Waals surface area contributed by atoms with Gasteiger partial charge in [0.15, 0.2) is 0 Å². The van der Waals surface area contributed by atoms with Crippen LogP contribution >= 0.6 is 11.3 Å². The van der Waals surface area contributed by atoms with Crippen LogP contribution in [0.3, 0.4) is 0 Å². The topological polar surface area (TPSA) is 126 Å². The lowest BCUT2D eigenvalue weighted by Crippen LogP contribution is -2.54. The quantitative estimate of drug-likeness (QED) is 0.368. The molecular formula is C31H31N3O6S. The van der Waals surface area contributed by atoms with Crippen molar-refractivity contribution in [3.05, 3.63) is 82.0 Å². The molecule has 0 saturated carbocycles. The van der Waals surface area contributed by atoms with Crippen molar-refractivity contribution >= 4 is 35.1 Å². The molecule has 2 heterocycles. The molecule has 1 unspecified atom stereocenters. The highest BCUT2D eigenvalue weighted by Gasteiger charge is 2.44. The molecule has 1 aromatic heterocycles. The maximum atomic E-state index is 13.8. The summed E-state index contributed by atoms with van der Waals surface area (Å²) in [5.74, 6) is -2.94. The number of hydrogen-bond acceptors (Lipinski definition) is 8. The molecule has 1 saturated heterocycles. The standard InChI is InChI=1S/C31H31N3O6S/c1-19(22-11-13-23(14-12-22)25-15-17-41-27(25)18-32)33-30(37)28(39-20(2)35)29(40-21(3)36)31(38)34-16-7-10-26(34)24-8-5-4-6-9-24/h4-6,8-9,11-15,17,19,26,28-29H,7,10,16H2,1-3H3,(H,33,37)/t19-,26?,28-,29-/m1/s1. The molecule has 2 aromatic carbocycles. The lowest BCUT2D eigenvalue weighted by Gasteiger charge is -2.32. The zero-order chi connectivity index (χ0) is 29.5. The number of nitrogens with one attached hydrogen (secondary N) is 1. The summed E-state index contributed by atoms with van der Waals surface area (Å²) in [6.45, 7) is 4.42. The molecule has 0 aliphatic carbocycles. The molecule has 3 aromatic rings. The number of carbonyl (C=O) groups excluding carboxylic acids is 4. The Bertz CT molecular complexity index is 1450. The molecule has 4 atom stereocenters. The lowest BCUT2D eigenvalue weighted by atomic mass is 10.0. The Balaban J connectivity index is 1.55. The van der Waals surface area contributed by atoms with Crippen molar-refractivity contribution in [3.8, 4) is 17.2 Å². The van der Waals surface area contributed by atoms with Crippen LogP contribution in [-0.2, 0) is 28.7 Å². The Morgan fingerprint density at radius 3 is 2.27 bits per heavy atom. The first-order valence-electron chi connectivity index (χ1n) is 13.3. The third-order valence-electron chi connectivity index (χ3n) is 6.93. The van der Waals surface area contributed by atoms with Gasteiger partial charge in [0, 0.05) is 26.0 Å². The van der Waals surface area contributed by atoms with Crippen molar-refractivity contribution < 1.29 is 28.7 Å². The van der Waals surface area contributed by atoms with Gasteiger partial charge >= 0.3 is 11.9 Å². The van der Waals surface area contributed by atoms with Crippen molar-refractivity contribution in [3.63, 3.8) is 0 Å². The van der Waals surface area contributed by atoms with E-state index in [0.29, 0.717) is 17.8 Å². The summed E-state index contributed by atoms with van der Waals surface area (Å²) in [6, 6.07) is 20.1. The van der Waals surface area contributed by atoms with Gasteiger partial charge < -0.3 is 19.7 Å². The first kappa shape index (κ1) is 29.5. The number of hydrogen-bond donors (Lipinski definition) is 1. The van der Waals surface area contributed by atoms with Crippen molar-refractivity contribution in [1.82, 2.24) is 10.2 Å². The number of benzene rings is 2. The number of nitrogens with zero attached hydrogens (tertiary/aromatic N) is 2. The minimum atomic E-state index is -1.69. The van der Waals surface area contributed by atoms with Crippen molar-refractivity contribution in [1.29, 1.82) is 5.26 Å². The maximum Gasteiger partial charge on any atom is 0.303 e. The fraction of sp³-hybridized carbons (Fsp3) is 0.323. The summed E-state index contributed by atoms with van der Waals surface area (Å²) in [4.78, 5) is 53.6. The Hall–Kier alpha value is -4.49. The third-order valence-corrected chi connectivity index (χ3v) is 7.75. The van der Waals surface area contributed by atoms with Gasteiger partial charge in [0.2, 0.25) is 12.2 Å². The number of likely N-dealkylation sites (tertiary alicyclic amines) is 1. The number of esters is 2. The minimum absolute atomic E-state index is 0.259. The largest absolute Gasteiger partial charge is 0.448 e. The fourth-order valence-corrected chi connectivity index (χ4v) is 5.73. The van der Waals surface area contributed by atoms with Crippen LogP contribution in [0.1, 0.15) is 61.7 Å². The van der Waals surface area contributed by atoms with Crippen LogP contribution in [0.15, 0.2) is 66.0 Å². The number of thiophene rings is 1. The molecule has 10 heteroatoms. The summed E-state index contributed by atoms with van der Waals surface area (Å²) in [6.07, 6.45) is -1.90. The van der Waals surface area contributed by atoms with E-state index in [1.165, 1.54) is 11.3 Å². The molecule has 0 radical (unpaired) electrons. The molecule has 1 aliphatic rings. The van der Waals surface area contributed by atoms with Crippen LogP contribution in [0, 0.1) is 11.3 Å². The highest BCUT2D eigenvalue weighted by Crippen LogP contribution is 2.33. The number of amides is 2. The van der Waals surface area contributed by atoms with Crippen LogP contribution in [0.2, 0.25) is 0 Å². The third kappa shape index (κ3) is 6.99. The van der Waals surface area contributed by atoms with E-state index in [1.54, 1.807) is 11.8 Å². The first-order chi connectivity index (χ1) is 19.7. The smallest absolute Gasteiger partial charge is 0.303 e. The molecule has 41 heavy (non-hydrogen) atoms. The zero-order valence-electron chi connectivity index (χ0n) is 23.0. The summed E-state index contributed by atoms with van der Waals surface area (Å²) in [5, 5.41) is 14.0. The van der Waals surface area contributed by atoms with Gasteiger partial charge in [-0.2, -0.15) is 5.26 Å². The Morgan fingerprint density at radius 1 is 0.976 bits per heavy atom. The van der Waals surface area contributed by atoms with Crippen LogP contribution in [0.25, 0.3) is 11.1 Å². The average molecular weight is 574 g/mol.